The number of fused-ring (bicyclic) bond motifs is 2. The monoisotopic (exact) mass is 332 g/mol. The largest absolute Gasteiger partial charge is 0.454 e. The third-order valence-electron chi connectivity index (χ3n) is 4.48. The molecule has 6 heteroatoms. The molecule has 0 unspecified atom stereocenters. The number of imidazole rings is 1. The van der Waals surface area contributed by atoms with E-state index in [1.807, 2.05) is 36.4 Å². The average Bonchev–Trinajstić information content (AvgIpc) is 3.17. The molecule has 0 spiro atoms. The topological polar surface area (TPSA) is 72.4 Å². The van der Waals surface area contributed by atoms with E-state index in [4.69, 9.17) is 4.42 Å². The van der Waals surface area contributed by atoms with Crippen LogP contribution in [0.5, 0.6) is 0 Å². The SMILES string of the molecule is O=C(CC1CC1)Nc1ccc2ncc(-c3cc4ccccc4o3)n2n1. The molecule has 1 aliphatic carbocycles. The Labute approximate surface area is 143 Å². The second-order valence-corrected chi connectivity index (χ2v) is 6.48. The van der Waals surface area contributed by atoms with E-state index in [9.17, 15) is 4.79 Å². The van der Waals surface area contributed by atoms with Crippen molar-refractivity contribution in [3.05, 3.63) is 48.7 Å². The second kappa shape index (κ2) is 5.44. The van der Waals surface area contributed by atoms with Crippen LogP contribution in [-0.2, 0) is 4.79 Å². The van der Waals surface area contributed by atoms with Gasteiger partial charge in [0.15, 0.2) is 17.2 Å². The number of para-hydroxylation sites is 1. The summed E-state index contributed by atoms with van der Waals surface area (Å²) in [6.07, 6.45) is 4.60. The number of carbonyl (C=O) groups excluding carboxylic acids is 1. The van der Waals surface area contributed by atoms with Crippen LogP contribution in [-0.4, -0.2) is 20.5 Å². The number of hydrogen-bond acceptors (Lipinski definition) is 4. The molecular formula is C19H16N4O2. The van der Waals surface area contributed by atoms with E-state index in [0.717, 1.165) is 29.5 Å². The summed E-state index contributed by atoms with van der Waals surface area (Å²) in [6, 6.07) is 13.4. The van der Waals surface area contributed by atoms with Crippen LogP contribution in [0.4, 0.5) is 5.82 Å². The Morgan fingerprint density at radius 3 is 2.96 bits per heavy atom. The van der Waals surface area contributed by atoms with Crippen molar-refractivity contribution in [1.82, 2.24) is 14.6 Å². The van der Waals surface area contributed by atoms with Crippen molar-refractivity contribution in [3.63, 3.8) is 0 Å². The third-order valence-corrected chi connectivity index (χ3v) is 4.48. The molecule has 1 aromatic carbocycles. The number of hydrogen-bond donors (Lipinski definition) is 1. The van der Waals surface area contributed by atoms with Gasteiger partial charge in [-0.15, -0.1) is 5.10 Å². The fourth-order valence-electron chi connectivity index (χ4n) is 2.99. The zero-order valence-electron chi connectivity index (χ0n) is 13.5. The Morgan fingerprint density at radius 2 is 2.12 bits per heavy atom. The molecule has 1 aliphatic rings. The number of anilines is 1. The first-order valence-electron chi connectivity index (χ1n) is 8.40. The molecule has 0 bridgehead atoms. The van der Waals surface area contributed by atoms with Gasteiger partial charge in [-0.1, -0.05) is 18.2 Å². The molecule has 1 N–H and O–H groups in total. The molecule has 3 aromatic heterocycles. The van der Waals surface area contributed by atoms with Gasteiger partial charge in [0.05, 0.1) is 6.20 Å². The van der Waals surface area contributed by atoms with Gasteiger partial charge < -0.3 is 9.73 Å². The Morgan fingerprint density at radius 1 is 1.24 bits per heavy atom. The van der Waals surface area contributed by atoms with E-state index in [1.54, 1.807) is 16.8 Å². The van der Waals surface area contributed by atoms with Crippen molar-refractivity contribution in [1.29, 1.82) is 0 Å². The minimum absolute atomic E-state index is 0.0137. The minimum atomic E-state index is 0.0137. The summed E-state index contributed by atoms with van der Waals surface area (Å²) in [5.74, 6) is 1.78. The molecule has 0 radical (unpaired) electrons. The maximum absolute atomic E-state index is 12.0. The standard InChI is InChI=1S/C19H16N4O2/c24-19(9-12-5-6-12)21-17-7-8-18-20-11-14(23(18)22-17)16-10-13-3-1-2-4-15(13)25-16/h1-4,7-8,10-12H,5-6,9H2,(H,21,22,24). The molecule has 5 rings (SSSR count). The van der Waals surface area contributed by atoms with Crippen LogP contribution in [0.3, 0.4) is 0 Å². The second-order valence-electron chi connectivity index (χ2n) is 6.48. The molecular weight excluding hydrogens is 316 g/mol. The average molecular weight is 332 g/mol. The van der Waals surface area contributed by atoms with Crippen LogP contribution in [0.25, 0.3) is 28.1 Å². The predicted octanol–water partition coefficient (Wildman–Crippen LogP) is 3.88. The molecule has 0 aliphatic heterocycles. The number of amides is 1. The highest BCUT2D eigenvalue weighted by Crippen LogP contribution is 2.32. The van der Waals surface area contributed by atoms with Crippen molar-refractivity contribution >= 4 is 28.3 Å². The lowest BCUT2D eigenvalue weighted by Crippen LogP contribution is -2.14. The summed E-state index contributed by atoms with van der Waals surface area (Å²) in [7, 11) is 0. The number of rotatable bonds is 4. The van der Waals surface area contributed by atoms with E-state index >= 15 is 0 Å². The van der Waals surface area contributed by atoms with Crippen molar-refractivity contribution < 1.29 is 9.21 Å². The van der Waals surface area contributed by atoms with Crippen LogP contribution in [0.1, 0.15) is 19.3 Å². The van der Waals surface area contributed by atoms with Crippen LogP contribution in [0, 0.1) is 5.92 Å². The summed E-state index contributed by atoms with van der Waals surface area (Å²) in [6.45, 7) is 0. The Hall–Kier alpha value is -3.15. The normalized spacial score (nSPS) is 14.2. The van der Waals surface area contributed by atoms with Crippen molar-refractivity contribution in [2.24, 2.45) is 5.92 Å². The van der Waals surface area contributed by atoms with Gasteiger partial charge in [-0.05, 0) is 43.0 Å². The maximum Gasteiger partial charge on any atom is 0.225 e. The molecule has 6 nitrogen and oxygen atoms in total. The first kappa shape index (κ1) is 14.2. The molecule has 124 valence electrons. The molecule has 1 amide bonds. The molecule has 3 heterocycles. The molecule has 4 aromatic rings. The van der Waals surface area contributed by atoms with E-state index in [0.29, 0.717) is 29.6 Å². The van der Waals surface area contributed by atoms with Gasteiger partial charge in [0.1, 0.15) is 11.3 Å². The summed E-state index contributed by atoms with van der Waals surface area (Å²) in [5.41, 5.74) is 2.28. The van der Waals surface area contributed by atoms with Crippen molar-refractivity contribution in [2.75, 3.05) is 5.32 Å². The van der Waals surface area contributed by atoms with E-state index < -0.39 is 0 Å². The summed E-state index contributed by atoms with van der Waals surface area (Å²) in [5, 5.41) is 8.41. The van der Waals surface area contributed by atoms with Gasteiger partial charge in [-0.25, -0.2) is 9.50 Å². The minimum Gasteiger partial charge on any atom is -0.454 e. The first-order valence-corrected chi connectivity index (χ1v) is 8.40. The molecule has 25 heavy (non-hydrogen) atoms. The van der Waals surface area contributed by atoms with Gasteiger partial charge in [0, 0.05) is 11.8 Å². The van der Waals surface area contributed by atoms with Gasteiger partial charge in [-0.2, -0.15) is 0 Å². The fraction of sp³-hybridized carbons (Fsp3) is 0.211. The summed E-state index contributed by atoms with van der Waals surface area (Å²) in [4.78, 5) is 16.4. The number of furan rings is 1. The Bertz CT molecular complexity index is 1060. The van der Waals surface area contributed by atoms with E-state index in [1.165, 1.54) is 0 Å². The molecule has 1 saturated carbocycles. The smallest absolute Gasteiger partial charge is 0.225 e. The molecule has 0 atom stereocenters. The number of nitrogens with one attached hydrogen (secondary N) is 1. The Balaban J connectivity index is 1.52. The number of aromatic nitrogens is 3. The van der Waals surface area contributed by atoms with Crippen molar-refractivity contribution in [2.45, 2.75) is 19.3 Å². The quantitative estimate of drug-likeness (QED) is 0.615. The zero-order chi connectivity index (χ0) is 16.8. The van der Waals surface area contributed by atoms with Gasteiger partial charge in [0.2, 0.25) is 5.91 Å². The first-order chi connectivity index (χ1) is 12.3. The molecule has 0 saturated heterocycles. The number of benzene rings is 1. The number of carbonyl (C=O) groups is 1. The maximum atomic E-state index is 12.0. The van der Waals surface area contributed by atoms with E-state index in [-0.39, 0.29) is 5.91 Å². The lowest BCUT2D eigenvalue weighted by atomic mass is 10.2. The Kier molecular flexibility index (Phi) is 3.09. The van der Waals surface area contributed by atoms with Crippen LogP contribution >= 0.6 is 0 Å². The summed E-state index contributed by atoms with van der Waals surface area (Å²) >= 11 is 0. The van der Waals surface area contributed by atoms with Crippen molar-refractivity contribution in [3.8, 4) is 11.5 Å². The fourth-order valence-corrected chi connectivity index (χ4v) is 2.99. The van der Waals surface area contributed by atoms with Crippen LogP contribution < -0.4 is 5.32 Å². The highest BCUT2D eigenvalue weighted by atomic mass is 16.3. The zero-order valence-corrected chi connectivity index (χ0v) is 13.5. The lowest BCUT2D eigenvalue weighted by molar-refractivity contribution is -0.116. The van der Waals surface area contributed by atoms with Crippen LogP contribution in [0.15, 0.2) is 53.1 Å². The van der Waals surface area contributed by atoms with Gasteiger partial charge in [-0.3, -0.25) is 4.79 Å². The van der Waals surface area contributed by atoms with Gasteiger partial charge >= 0.3 is 0 Å². The third kappa shape index (κ3) is 2.65. The molecule has 1 fully saturated rings. The highest BCUT2D eigenvalue weighted by Gasteiger charge is 2.24. The highest BCUT2D eigenvalue weighted by molar-refractivity contribution is 5.90. The van der Waals surface area contributed by atoms with Gasteiger partial charge in [0.25, 0.3) is 0 Å². The number of nitrogens with zero attached hydrogens (tertiary/aromatic N) is 3. The lowest BCUT2D eigenvalue weighted by Gasteiger charge is -2.05. The predicted molar refractivity (Wildman–Crippen MR) is 94.2 cm³/mol. The van der Waals surface area contributed by atoms with Crippen LogP contribution in [0.2, 0.25) is 0 Å². The summed E-state index contributed by atoms with van der Waals surface area (Å²) < 4.78 is 7.61. The van der Waals surface area contributed by atoms with E-state index in [2.05, 4.69) is 15.4 Å².